The predicted molar refractivity (Wildman–Crippen MR) is 79.4 cm³/mol. The molecule has 0 bridgehead atoms. The van der Waals surface area contributed by atoms with Crippen LogP contribution in [0.3, 0.4) is 0 Å². The molecule has 0 aliphatic rings. The average Bonchev–Trinajstić information content (AvgIpc) is 2.91. The first-order chi connectivity index (χ1) is 7.92. The molecule has 0 unspecified atom stereocenters. The van der Waals surface area contributed by atoms with Gasteiger partial charge >= 0.3 is 17.1 Å². The molecule has 2 aromatic carbocycles. The molecular formula is C14H20FeOSi2. The summed E-state index contributed by atoms with van der Waals surface area (Å²) in [5, 5.41) is 2.79. The van der Waals surface area contributed by atoms with E-state index in [0.717, 1.165) is 0 Å². The van der Waals surface area contributed by atoms with E-state index >= 15 is 0 Å². The summed E-state index contributed by atoms with van der Waals surface area (Å²) in [6.45, 7) is 9.17. The van der Waals surface area contributed by atoms with Gasteiger partial charge < -0.3 is 4.12 Å². The number of hydrogen-bond donors (Lipinski definition) is 0. The van der Waals surface area contributed by atoms with Gasteiger partial charge in [0.2, 0.25) is 0 Å². The molecule has 0 heterocycles. The Morgan fingerprint density at radius 2 is 1.22 bits per heavy atom. The second-order valence-electron chi connectivity index (χ2n) is 5.47. The molecule has 0 aliphatic heterocycles. The second kappa shape index (κ2) is 5.72. The summed E-state index contributed by atoms with van der Waals surface area (Å²) in [6.07, 6.45) is 0. The smallest absolute Gasteiger partial charge is 0.468 e. The van der Waals surface area contributed by atoms with Crippen LogP contribution < -0.4 is 10.4 Å². The van der Waals surface area contributed by atoms with Gasteiger partial charge in [0.1, 0.15) is 16.6 Å². The Morgan fingerprint density at radius 3 is 1.50 bits per heavy atom. The molecule has 0 amide bonds. The first-order valence-electron chi connectivity index (χ1n) is 6.06. The van der Waals surface area contributed by atoms with E-state index in [0.29, 0.717) is 0 Å². The van der Waals surface area contributed by atoms with Gasteiger partial charge in [-0.2, -0.15) is 46.8 Å². The van der Waals surface area contributed by atoms with Crippen molar-refractivity contribution in [2.45, 2.75) is 26.2 Å². The van der Waals surface area contributed by atoms with Crippen molar-refractivity contribution in [1.82, 2.24) is 0 Å². The molecule has 0 spiro atoms. The zero-order valence-corrected chi connectivity index (χ0v) is 14.5. The average molecular weight is 316 g/mol. The van der Waals surface area contributed by atoms with Gasteiger partial charge in [0, 0.05) is 0 Å². The van der Waals surface area contributed by atoms with E-state index in [1.807, 2.05) is 0 Å². The molecule has 0 radical (unpaired) electrons. The third-order valence-corrected chi connectivity index (χ3v) is 10.8. The van der Waals surface area contributed by atoms with Gasteiger partial charge in [-0.1, -0.05) is 26.2 Å². The van der Waals surface area contributed by atoms with Crippen LogP contribution in [0.4, 0.5) is 0 Å². The van der Waals surface area contributed by atoms with E-state index < -0.39 is 16.6 Å². The normalized spacial score (nSPS) is 12.2. The summed E-state index contributed by atoms with van der Waals surface area (Å²) in [7, 11) is -3.51. The fourth-order valence-corrected chi connectivity index (χ4v) is 10.3. The Kier molecular flexibility index (Phi) is 4.98. The second-order valence-corrected chi connectivity index (χ2v) is 13.5. The van der Waals surface area contributed by atoms with Crippen LogP contribution in [0.1, 0.15) is 0 Å². The maximum Gasteiger partial charge on any atom is 2.00 e. The summed E-state index contributed by atoms with van der Waals surface area (Å²) in [4.78, 5) is 0. The predicted octanol–water partition coefficient (Wildman–Crippen LogP) is 2.66. The molecule has 0 saturated carbocycles. The third-order valence-electron chi connectivity index (χ3n) is 3.23. The quantitative estimate of drug-likeness (QED) is 0.622. The zero-order chi connectivity index (χ0) is 12.5. The van der Waals surface area contributed by atoms with Crippen molar-refractivity contribution in [2.75, 3.05) is 0 Å². The van der Waals surface area contributed by atoms with E-state index in [1.54, 1.807) is 0 Å². The molecule has 2 rings (SSSR count). The van der Waals surface area contributed by atoms with Gasteiger partial charge in [0.15, 0.2) is 0 Å². The molecule has 1 nitrogen and oxygen atoms in total. The number of rotatable bonds is 4. The van der Waals surface area contributed by atoms with Gasteiger partial charge in [-0.25, -0.2) is 12.1 Å². The minimum absolute atomic E-state index is 0. The molecule has 0 N–H and O–H groups in total. The van der Waals surface area contributed by atoms with Gasteiger partial charge in [0.25, 0.3) is 0 Å². The molecule has 98 valence electrons. The van der Waals surface area contributed by atoms with E-state index in [1.165, 1.54) is 10.4 Å². The van der Waals surface area contributed by atoms with Crippen molar-refractivity contribution < 1.29 is 21.2 Å². The van der Waals surface area contributed by atoms with Crippen LogP contribution in [0.15, 0.2) is 48.5 Å². The topological polar surface area (TPSA) is 9.23 Å². The van der Waals surface area contributed by atoms with E-state index in [-0.39, 0.29) is 17.1 Å². The minimum Gasteiger partial charge on any atom is -0.468 e. The molecule has 2 aromatic rings. The van der Waals surface area contributed by atoms with Crippen molar-refractivity contribution in [1.29, 1.82) is 0 Å². The van der Waals surface area contributed by atoms with Crippen LogP contribution in [0, 0.1) is 0 Å². The maximum atomic E-state index is 6.59. The molecule has 18 heavy (non-hydrogen) atoms. The summed E-state index contributed by atoms with van der Waals surface area (Å²) >= 11 is 0. The molecular weight excluding hydrogens is 296 g/mol. The van der Waals surface area contributed by atoms with Crippen LogP contribution in [-0.4, -0.2) is 16.6 Å². The van der Waals surface area contributed by atoms with E-state index in [2.05, 4.69) is 74.7 Å². The van der Waals surface area contributed by atoms with Gasteiger partial charge in [-0.05, 0) is 0 Å². The Bertz CT molecular complexity index is 414. The van der Waals surface area contributed by atoms with Crippen LogP contribution >= 0.6 is 0 Å². The summed E-state index contributed by atoms with van der Waals surface area (Å²) in [5.74, 6) is 0. The first-order valence-corrected chi connectivity index (χ1v) is 11.9. The van der Waals surface area contributed by atoms with Crippen molar-refractivity contribution in [3.63, 3.8) is 0 Å². The maximum absolute atomic E-state index is 6.59. The summed E-state index contributed by atoms with van der Waals surface area (Å²) in [5.41, 5.74) is 0. The van der Waals surface area contributed by atoms with Crippen LogP contribution in [0.25, 0.3) is 0 Å². The SMILES string of the molecule is C[Si](C)(O[Si](C)(C)c1cc[cH-]c1)c1cc[cH-]c1.[Fe+2]. The van der Waals surface area contributed by atoms with Crippen molar-refractivity contribution in [3.05, 3.63) is 48.5 Å². The van der Waals surface area contributed by atoms with Crippen molar-refractivity contribution >= 4 is 27.0 Å². The number of hydrogen-bond acceptors (Lipinski definition) is 1. The Morgan fingerprint density at radius 1 is 0.833 bits per heavy atom. The molecule has 0 aromatic heterocycles. The first kappa shape index (κ1) is 15.7. The summed E-state index contributed by atoms with van der Waals surface area (Å²) in [6, 6.07) is 17.2. The van der Waals surface area contributed by atoms with Crippen molar-refractivity contribution in [2.24, 2.45) is 0 Å². The summed E-state index contributed by atoms with van der Waals surface area (Å²) < 4.78 is 6.59. The van der Waals surface area contributed by atoms with E-state index in [9.17, 15) is 0 Å². The van der Waals surface area contributed by atoms with E-state index in [4.69, 9.17) is 4.12 Å². The Balaban J connectivity index is 0.00000162. The van der Waals surface area contributed by atoms with Crippen LogP contribution in [-0.2, 0) is 21.2 Å². The Labute approximate surface area is 123 Å². The minimum atomic E-state index is -1.76. The molecule has 0 aliphatic carbocycles. The fourth-order valence-electron chi connectivity index (χ4n) is 2.31. The van der Waals surface area contributed by atoms with Crippen LogP contribution in [0.5, 0.6) is 0 Å². The molecule has 0 atom stereocenters. The largest absolute Gasteiger partial charge is 2.00 e. The molecule has 0 fully saturated rings. The Hall–Kier alpha value is -0.387. The van der Waals surface area contributed by atoms with Gasteiger partial charge in [-0.3, -0.25) is 0 Å². The molecule has 4 heteroatoms. The standard InChI is InChI=1S/C14H20OSi2.Fe/c1-16(2,13-9-5-6-10-13)15-17(3,4)14-11-7-8-12-14;/h5-12H,1-4H3;/q-2;+2. The fraction of sp³-hybridized carbons (Fsp3) is 0.286. The van der Waals surface area contributed by atoms with Crippen LogP contribution in [0.2, 0.25) is 26.2 Å². The zero-order valence-electron chi connectivity index (χ0n) is 11.4. The molecule has 0 saturated heterocycles. The third kappa shape index (κ3) is 3.34. The van der Waals surface area contributed by atoms with Crippen molar-refractivity contribution in [3.8, 4) is 0 Å². The van der Waals surface area contributed by atoms with Gasteiger partial charge in [-0.15, -0.1) is 0 Å². The van der Waals surface area contributed by atoms with Gasteiger partial charge in [0.05, 0.1) is 0 Å². The monoisotopic (exact) mass is 316 g/mol.